The number of hydrogen-bond donors (Lipinski definition) is 1. The molecule has 0 saturated carbocycles. The predicted molar refractivity (Wildman–Crippen MR) is 116 cm³/mol. The minimum Gasteiger partial charge on any atom is -0.461 e. The predicted octanol–water partition coefficient (Wildman–Crippen LogP) is 4.82. The standard InChI is InChI=1S/C25H24N2O4/c1-17-23(27-25(30-17)19-6-3-2-4-7-19)15-21-14-20-12-18(8-9-24(20)31-21)13-22(16-26)29-11-5-10-28/h2-4,6-9,12,14,22,28H,5,10-11,13,15H2,1H3. The van der Waals surface area contributed by atoms with Crippen molar-refractivity contribution >= 4 is 11.0 Å². The van der Waals surface area contributed by atoms with Crippen molar-refractivity contribution in [1.29, 1.82) is 5.26 Å². The summed E-state index contributed by atoms with van der Waals surface area (Å²) in [5, 5.41) is 19.1. The summed E-state index contributed by atoms with van der Waals surface area (Å²) in [4.78, 5) is 4.65. The van der Waals surface area contributed by atoms with Gasteiger partial charge in [0.2, 0.25) is 5.89 Å². The minimum atomic E-state index is -0.537. The van der Waals surface area contributed by atoms with E-state index in [1.54, 1.807) is 0 Å². The monoisotopic (exact) mass is 416 g/mol. The number of nitriles is 1. The molecule has 4 rings (SSSR count). The van der Waals surface area contributed by atoms with E-state index >= 15 is 0 Å². The number of hydrogen-bond acceptors (Lipinski definition) is 6. The number of aryl methyl sites for hydroxylation is 1. The van der Waals surface area contributed by atoms with E-state index in [0.29, 0.717) is 31.8 Å². The van der Waals surface area contributed by atoms with E-state index < -0.39 is 6.10 Å². The molecule has 0 aliphatic heterocycles. The Bertz CT molecular complexity index is 1190. The first-order chi connectivity index (χ1) is 15.2. The van der Waals surface area contributed by atoms with Gasteiger partial charge in [0.15, 0.2) is 0 Å². The van der Waals surface area contributed by atoms with Gasteiger partial charge in [-0.25, -0.2) is 4.98 Å². The second-order valence-corrected chi connectivity index (χ2v) is 7.42. The maximum Gasteiger partial charge on any atom is 0.226 e. The number of benzene rings is 2. The molecule has 1 unspecified atom stereocenters. The van der Waals surface area contributed by atoms with Gasteiger partial charge < -0.3 is 18.7 Å². The largest absolute Gasteiger partial charge is 0.461 e. The number of fused-ring (bicyclic) bond motifs is 1. The Kier molecular flexibility index (Phi) is 6.46. The highest BCUT2D eigenvalue weighted by molar-refractivity contribution is 5.78. The number of aromatic nitrogens is 1. The zero-order valence-corrected chi connectivity index (χ0v) is 17.4. The van der Waals surface area contributed by atoms with Gasteiger partial charge >= 0.3 is 0 Å². The zero-order chi connectivity index (χ0) is 21.6. The molecule has 31 heavy (non-hydrogen) atoms. The van der Waals surface area contributed by atoms with Crippen molar-refractivity contribution < 1.29 is 18.7 Å². The third-order valence-corrected chi connectivity index (χ3v) is 5.07. The second kappa shape index (κ2) is 9.61. The molecule has 0 saturated heterocycles. The first-order valence-corrected chi connectivity index (χ1v) is 10.3. The van der Waals surface area contributed by atoms with Gasteiger partial charge in [-0.05, 0) is 49.2 Å². The molecular formula is C25H24N2O4. The van der Waals surface area contributed by atoms with Crippen molar-refractivity contribution in [1.82, 2.24) is 4.98 Å². The highest BCUT2D eigenvalue weighted by atomic mass is 16.5. The summed E-state index contributed by atoms with van der Waals surface area (Å²) in [7, 11) is 0. The summed E-state index contributed by atoms with van der Waals surface area (Å²) in [6.07, 6.45) is 1.01. The van der Waals surface area contributed by atoms with E-state index in [-0.39, 0.29) is 6.61 Å². The first kappa shape index (κ1) is 20.9. The van der Waals surface area contributed by atoms with Crippen LogP contribution in [0.15, 0.2) is 63.4 Å². The van der Waals surface area contributed by atoms with Gasteiger partial charge in [0.25, 0.3) is 0 Å². The van der Waals surface area contributed by atoms with Crippen molar-refractivity contribution in [3.8, 4) is 17.5 Å². The van der Waals surface area contributed by atoms with E-state index in [1.807, 2.05) is 61.5 Å². The summed E-state index contributed by atoms with van der Waals surface area (Å²) in [6.45, 7) is 2.34. The van der Waals surface area contributed by atoms with E-state index in [2.05, 4.69) is 11.1 Å². The number of rotatable bonds is 9. The molecule has 0 radical (unpaired) electrons. The molecule has 4 aromatic rings. The van der Waals surface area contributed by atoms with Crippen molar-refractivity contribution in [3.63, 3.8) is 0 Å². The fourth-order valence-corrected chi connectivity index (χ4v) is 3.47. The van der Waals surface area contributed by atoms with Crippen molar-refractivity contribution in [2.45, 2.75) is 32.3 Å². The van der Waals surface area contributed by atoms with E-state index in [1.165, 1.54) is 0 Å². The fraction of sp³-hybridized carbons (Fsp3) is 0.280. The van der Waals surface area contributed by atoms with Gasteiger partial charge in [-0.15, -0.1) is 0 Å². The molecule has 2 aromatic heterocycles. The first-order valence-electron chi connectivity index (χ1n) is 10.3. The van der Waals surface area contributed by atoms with Gasteiger partial charge in [-0.3, -0.25) is 0 Å². The Labute approximate surface area is 180 Å². The molecule has 0 amide bonds. The van der Waals surface area contributed by atoms with Crippen LogP contribution in [-0.4, -0.2) is 29.4 Å². The molecule has 2 aromatic carbocycles. The second-order valence-electron chi connectivity index (χ2n) is 7.42. The summed E-state index contributed by atoms with van der Waals surface area (Å²) >= 11 is 0. The van der Waals surface area contributed by atoms with Crippen molar-refractivity contribution in [3.05, 3.63) is 77.4 Å². The van der Waals surface area contributed by atoms with Crippen LogP contribution in [0.1, 0.15) is 29.2 Å². The summed E-state index contributed by atoms with van der Waals surface area (Å²) < 4.78 is 17.4. The van der Waals surface area contributed by atoms with Gasteiger partial charge in [0.05, 0.1) is 24.8 Å². The normalized spacial score (nSPS) is 12.2. The van der Waals surface area contributed by atoms with Crippen LogP contribution in [0, 0.1) is 18.3 Å². The number of aliphatic hydroxyl groups is 1. The van der Waals surface area contributed by atoms with Crippen LogP contribution in [-0.2, 0) is 17.6 Å². The van der Waals surface area contributed by atoms with Crippen LogP contribution in [0.4, 0.5) is 0 Å². The highest BCUT2D eigenvalue weighted by Crippen LogP contribution is 2.26. The maximum atomic E-state index is 9.31. The van der Waals surface area contributed by atoms with Crippen LogP contribution in [0.25, 0.3) is 22.4 Å². The van der Waals surface area contributed by atoms with Crippen LogP contribution in [0.2, 0.25) is 0 Å². The third kappa shape index (κ3) is 5.02. The highest BCUT2D eigenvalue weighted by Gasteiger charge is 2.15. The molecule has 1 N–H and O–H groups in total. The van der Waals surface area contributed by atoms with Crippen LogP contribution in [0.3, 0.4) is 0 Å². The molecule has 6 nitrogen and oxygen atoms in total. The molecule has 2 heterocycles. The number of ether oxygens (including phenoxy) is 1. The number of furan rings is 1. The zero-order valence-electron chi connectivity index (χ0n) is 17.4. The van der Waals surface area contributed by atoms with Gasteiger partial charge in [0, 0.05) is 24.0 Å². The molecule has 0 aliphatic rings. The third-order valence-electron chi connectivity index (χ3n) is 5.07. The van der Waals surface area contributed by atoms with Gasteiger partial charge in [0.1, 0.15) is 23.2 Å². The summed E-state index contributed by atoms with van der Waals surface area (Å²) in [5.74, 6) is 2.19. The van der Waals surface area contributed by atoms with E-state index in [4.69, 9.17) is 18.7 Å². The van der Waals surface area contributed by atoms with Crippen LogP contribution >= 0.6 is 0 Å². The average molecular weight is 416 g/mol. The molecule has 1 atom stereocenters. The van der Waals surface area contributed by atoms with Gasteiger partial charge in [-0.1, -0.05) is 24.3 Å². The molecule has 158 valence electrons. The Morgan fingerprint density at radius 1 is 1.13 bits per heavy atom. The van der Waals surface area contributed by atoms with Crippen LogP contribution in [0.5, 0.6) is 0 Å². The van der Waals surface area contributed by atoms with Crippen molar-refractivity contribution in [2.24, 2.45) is 0 Å². The van der Waals surface area contributed by atoms with E-state index in [9.17, 15) is 5.26 Å². The lowest BCUT2D eigenvalue weighted by molar-refractivity contribution is 0.0777. The van der Waals surface area contributed by atoms with Gasteiger partial charge in [-0.2, -0.15) is 5.26 Å². The Balaban J connectivity index is 1.49. The Morgan fingerprint density at radius 2 is 1.97 bits per heavy atom. The van der Waals surface area contributed by atoms with Crippen LogP contribution < -0.4 is 0 Å². The summed E-state index contributed by atoms with van der Waals surface area (Å²) in [6, 6.07) is 19.9. The smallest absolute Gasteiger partial charge is 0.226 e. The molecule has 0 fully saturated rings. The van der Waals surface area contributed by atoms with E-state index in [0.717, 1.165) is 39.3 Å². The number of oxazole rings is 1. The SMILES string of the molecule is Cc1oc(-c2ccccc2)nc1Cc1cc2cc(CC(C#N)OCCCO)ccc2o1. The molecule has 0 spiro atoms. The molecule has 6 heteroatoms. The summed E-state index contributed by atoms with van der Waals surface area (Å²) in [5.41, 5.74) is 3.58. The molecule has 0 aliphatic carbocycles. The molecule has 0 bridgehead atoms. The lowest BCUT2D eigenvalue weighted by Crippen LogP contribution is -2.15. The lowest BCUT2D eigenvalue weighted by atomic mass is 10.1. The topological polar surface area (TPSA) is 92.4 Å². The number of aliphatic hydroxyl groups excluding tert-OH is 1. The van der Waals surface area contributed by atoms with Crippen molar-refractivity contribution in [2.75, 3.05) is 13.2 Å². The minimum absolute atomic E-state index is 0.0553. The molecular weight excluding hydrogens is 392 g/mol. The maximum absolute atomic E-state index is 9.31. The average Bonchev–Trinajstić information content (AvgIpc) is 3.36. The Morgan fingerprint density at radius 3 is 2.74 bits per heavy atom. The lowest BCUT2D eigenvalue weighted by Gasteiger charge is -2.10. The fourth-order valence-electron chi connectivity index (χ4n) is 3.47. The Hall–Kier alpha value is -3.40. The number of nitrogens with zero attached hydrogens (tertiary/aromatic N) is 2. The quantitative estimate of drug-likeness (QED) is 0.393.